The van der Waals surface area contributed by atoms with Crippen LogP contribution in [-0.4, -0.2) is 71.8 Å². The van der Waals surface area contributed by atoms with Crippen LogP contribution in [0.4, 0.5) is 0 Å². The summed E-state index contributed by atoms with van der Waals surface area (Å²) in [6.07, 6.45) is 1.46. The third kappa shape index (κ3) is 5.73. The van der Waals surface area contributed by atoms with E-state index >= 15 is 0 Å². The van der Waals surface area contributed by atoms with Crippen LogP contribution in [0.15, 0.2) is 36.4 Å². The lowest BCUT2D eigenvalue weighted by atomic mass is 9.74. The lowest BCUT2D eigenvalue weighted by Crippen LogP contribution is -2.61. The van der Waals surface area contributed by atoms with Crippen molar-refractivity contribution in [2.45, 2.75) is 69.7 Å². The highest BCUT2D eigenvalue weighted by molar-refractivity contribution is 6.74. The molecule has 2 aliphatic heterocycles. The van der Waals surface area contributed by atoms with E-state index in [2.05, 4.69) is 33.9 Å². The number of hydrogen-bond donors (Lipinski definition) is 0. The fourth-order valence-electron chi connectivity index (χ4n) is 4.80. The molecular formula is C28H40O9Si. The molecular weight excluding hydrogens is 508 g/mol. The fourth-order valence-corrected chi connectivity index (χ4v) is 6.15. The zero-order valence-corrected chi connectivity index (χ0v) is 24.6. The lowest BCUT2D eigenvalue weighted by molar-refractivity contribution is -0.175. The van der Waals surface area contributed by atoms with Crippen molar-refractivity contribution in [2.75, 3.05) is 27.9 Å². The van der Waals surface area contributed by atoms with Crippen molar-refractivity contribution < 1.29 is 42.5 Å². The number of ketones is 1. The second kappa shape index (κ2) is 11.7. The molecule has 2 aliphatic rings. The largest absolute Gasteiger partial charge is 0.497 e. The summed E-state index contributed by atoms with van der Waals surface area (Å²) in [5.41, 5.74) is -0.789. The molecule has 0 N–H and O–H groups in total. The highest BCUT2D eigenvalue weighted by Gasteiger charge is 2.69. The Kier molecular flexibility index (Phi) is 9.23. The maximum Gasteiger partial charge on any atom is 0.313 e. The van der Waals surface area contributed by atoms with E-state index in [1.807, 2.05) is 24.3 Å². The van der Waals surface area contributed by atoms with Crippen LogP contribution in [0.1, 0.15) is 32.8 Å². The highest BCUT2D eigenvalue weighted by Crippen LogP contribution is 2.51. The van der Waals surface area contributed by atoms with Gasteiger partial charge in [0, 0.05) is 6.61 Å². The second-order valence-corrected chi connectivity index (χ2v) is 16.0. The van der Waals surface area contributed by atoms with E-state index in [9.17, 15) is 14.4 Å². The number of ether oxygens (including phenoxy) is 5. The first-order valence-corrected chi connectivity index (χ1v) is 15.7. The zero-order valence-electron chi connectivity index (χ0n) is 23.6. The zero-order chi connectivity index (χ0) is 28.3. The van der Waals surface area contributed by atoms with Gasteiger partial charge >= 0.3 is 11.9 Å². The Balaban J connectivity index is 1.95. The van der Waals surface area contributed by atoms with Gasteiger partial charge in [-0.25, -0.2) is 0 Å². The predicted molar refractivity (Wildman–Crippen MR) is 142 cm³/mol. The Labute approximate surface area is 225 Å². The molecule has 0 spiro atoms. The van der Waals surface area contributed by atoms with Gasteiger partial charge in [0.15, 0.2) is 19.7 Å². The summed E-state index contributed by atoms with van der Waals surface area (Å²) in [6, 6.07) is 7.54. The topological polar surface area (TPSA) is 107 Å². The Morgan fingerprint density at radius 1 is 1.05 bits per heavy atom. The average Bonchev–Trinajstić information content (AvgIpc) is 3.17. The normalized spacial score (nSPS) is 25.7. The van der Waals surface area contributed by atoms with Crippen molar-refractivity contribution in [2.24, 2.45) is 11.8 Å². The molecule has 1 aromatic rings. The number of carbonyl (C=O) groups is 3. The molecule has 0 amide bonds. The first-order valence-electron chi connectivity index (χ1n) is 12.8. The van der Waals surface area contributed by atoms with Crippen LogP contribution in [0.5, 0.6) is 5.75 Å². The number of benzene rings is 1. The third-order valence-corrected chi connectivity index (χ3v) is 12.4. The minimum absolute atomic E-state index is 0.195. The summed E-state index contributed by atoms with van der Waals surface area (Å²) in [7, 11) is 1.59. The van der Waals surface area contributed by atoms with Crippen molar-refractivity contribution in [3.8, 4) is 5.75 Å². The third-order valence-electron chi connectivity index (χ3n) is 7.93. The molecule has 38 heavy (non-hydrogen) atoms. The Morgan fingerprint density at radius 2 is 1.68 bits per heavy atom. The monoisotopic (exact) mass is 548 g/mol. The molecule has 1 unspecified atom stereocenters. The Morgan fingerprint density at radius 3 is 2.24 bits per heavy atom. The first kappa shape index (κ1) is 30.0. The van der Waals surface area contributed by atoms with Crippen LogP contribution < -0.4 is 4.74 Å². The van der Waals surface area contributed by atoms with Crippen molar-refractivity contribution in [1.29, 1.82) is 0 Å². The molecule has 10 heteroatoms. The van der Waals surface area contributed by atoms with Crippen LogP contribution in [-0.2, 0) is 44.4 Å². The summed E-state index contributed by atoms with van der Waals surface area (Å²) in [6.45, 7) is 11.0. The second-order valence-electron chi connectivity index (χ2n) is 11.2. The smallest absolute Gasteiger partial charge is 0.313 e. The maximum absolute atomic E-state index is 13.7. The maximum atomic E-state index is 13.7. The van der Waals surface area contributed by atoms with Gasteiger partial charge in [0.05, 0.1) is 40.1 Å². The molecule has 0 radical (unpaired) electrons. The van der Waals surface area contributed by atoms with Crippen molar-refractivity contribution >= 4 is 26.0 Å². The molecule has 2 bridgehead atoms. The molecule has 0 saturated carbocycles. The summed E-state index contributed by atoms with van der Waals surface area (Å²) in [5, 5.41) is -0.195. The Bertz CT molecular complexity index is 1040. The van der Waals surface area contributed by atoms with Gasteiger partial charge in [0.2, 0.25) is 0 Å². The summed E-state index contributed by atoms with van der Waals surface area (Å²) in [4.78, 5) is 39.7. The van der Waals surface area contributed by atoms with Gasteiger partial charge in [-0.15, -0.1) is 0 Å². The fraction of sp³-hybridized carbons (Fsp3) is 0.607. The van der Waals surface area contributed by atoms with Crippen molar-refractivity contribution in [3.63, 3.8) is 0 Å². The van der Waals surface area contributed by atoms with Crippen LogP contribution in [0.25, 0.3) is 0 Å². The van der Waals surface area contributed by atoms with E-state index in [0.717, 1.165) is 11.3 Å². The molecule has 3 rings (SSSR count). The number of hydrogen-bond acceptors (Lipinski definition) is 9. The van der Waals surface area contributed by atoms with Crippen LogP contribution in [0, 0.1) is 11.8 Å². The number of fused-ring (bicyclic) bond motifs is 2. The number of rotatable bonds is 11. The van der Waals surface area contributed by atoms with Gasteiger partial charge in [-0.3, -0.25) is 14.4 Å². The van der Waals surface area contributed by atoms with E-state index in [-0.39, 0.29) is 18.1 Å². The van der Waals surface area contributed by atoms with Crippen LogP contribution in [0.2, 0.25) is 18.1 Å². The van der Waals surface area contributed by atoms with Crippen LogP contribution in [0.3, 0.4) is 0 Å². The number of methoxy groups -OCH3 is 3. The standard InChI is InChI=1S/C28H40O9Si/c1-27(2,3)38(7,8)37-22(15-16-35-17-18-9-11-19(32-4)12-10-18)28-21(29)14-13-20(36-28)23(25(30)33-5)24(28)26(31)34-6/h9-14,20,22-24H,15-17H2,1-8H3/t20-,22?,23-,24-,28-/m0/s1. The van der Waals surface area contributed by atoms with Gasteiger partial charge in [-0.1, -0.05) is 39.0 Å². The summed E-state index contributed by atoms with van der Waals surface area (Å²) in [5.74, 6) is -3.32. The molecule has 1 aromatic carbocycles. The molecule has 1 saturated heterocycles. The van der Waals surface area contributed by atoms with E-state index < -0.39 is 55.7 Å². The summed E-state index contributed by atoms with van der Waals surface area (Å²) >= 11 is 0. The molecule has 1 fully saturated rings. The van der Waals surface area contributed by atoms with Gasteiger partial charge in [-0.05, 0) is 48.3 Å². The minimum atomic E-state index is -2.49. The predicted octanol–water partition coefficient (Wildman–Crippen LogP) is 3.85. The molecule has 0 aliphatic carbocycles. The lowest BCUT2D eigenvalue weighted by Gasteiger charge is -2.46. The quantitative estimate of drug-likeness (QED) is 0.232. The van der Waals surface area contributed by atoms with Gasteiger partial charge < -0.3 is 28.1 Å². The first-order chi connectivity index (χ1) is 17.8. The summed E-state index contributed by atoms with van der Waals surface area (Å²) < 4.78 is 34.4. The van der Waals surface area contributed by atoms with Crippen molar-refractivity contribution in [1.82, 2.24) is 0 Å². The molecule has 210 valence electrons. The number of esters is 2. The van der Waals surface area contributed by atoms with E-state index in [1.54, 1.807) is 7.11 Å². The minimum Gasteiger partial charge on any atom is -0.497 e. The van der Waals surface area contributed by atoms with Gasteiger partial charge in [0.1, 0.15) is 17.6 Å². The molecule has 0 aromatic heterocycles. The average molecular weight is 549 g/mol. The highest BCUT2D eigenvalue weighted by atomic mass is 28.4. The van der Waals surface area contributed by atoms with Crippen LogP contribution >= 0.6 is 0 Å². The van der Waals surface area contributed by atoms with E-state index in [0.29, 0.717) is 6.61 Å². The number of carbonyl (C=O) groups excluding carboxylic acids is 3. The van der Waals surface area contributed by atoms with E-state index in [4.69, 9.17) is 28.1 Å². The SMILES string of the molecule is COC(=O)[C@H]1[C@@H]2C=CC(=O)[C@@](C(CCOCc3ccc(OC)cc3)O[Si](C)(C)C(C)(C)C)(O2)[C@@H]1C(=O)OC. The molecule has 9 nitrogen and oxygen atoms in total. The van der Waals surface area contributed by atoms with Gasteiger partial charge in [0.25, 0.3) is 0 Å². The van der Waals surface area contributed by atoms with Gasteiger partial charge in [-0.2, -0.15) is 0 Å². The Hall–Kier alpha value is -2.53. The molecule has 2 heterocycles. The van der Waals surface area contributed by atoms with Crippen molar-refractivity contribution in [3.05, 3.63) is 42.0 Å². The molecule has 5 atom stereocenters. The van der Waals surface area contributed by atoms with E-state index in [1.165, 1.54) is 26.4 Å².